The van der Waals surface area contributed by atoms with Gasteiger partial charge < -0.3 is 10.6 Å². The minimum absolute atomic E-state index is 0.271. The second-order valence-electron chi connectivity index (χ2n) is 4.97. The number of pyridine rings is 1. The first-order valence-corrected chi connectivity index (χ1v) is 7.92. The van der Waals surface area contributed by atoms with Crippen molar-refractivity contribution in [1.82, 2.24) is 4.98 Å². The summed E-state index contributed by atoms with van der Waals surface area (Å²) in [5.41, 5.74) is 1.73. The second-order valence-corrected chi connectivity index (χ2v) is 5.78. The van der Waals surface area contributed by atoms with Gasteiger partial charge in [0, 0.05) is 11.8 Å². The molecule has 0 aliphatic rings. The van der Waals surface area contributed by atoms with Crippen molar-refractivity contribution in [3.63, 3.8) is 0 Å². The number of anilines is 3. The summed E-state index contributed by atoms with van der Waals surface area (Å²) < 4.78 is 0. The molecule has 1 amide bonds. The Bertz CT molecular complexity index is 883. The summed E-state index contributed by atoms with van der Waals surface area (Å²) in [4.78, 5) is 16.6. The first-order chi connectivity index (χ1) is 11.6. The van der Waals surface area contributed by atoms with Gasteiger partial charge in [-0.3, -0.25) is 4.79 Å². The van der Waals surface area contributed by atoms with Crippen LogP contribution in [-0.2, 0) is 0 Å². The molecule has 0 aliphatic carbocycles. The number of benzene rings is 2. The van der Waals surface area contributed by atoms with Gasteiger partial charge in [-0.2, -0.15) is 0 Å². The summed E-state index contributed by atoms with van der Waals surface area (Å²) in [5.74, 6) is 0.252. The van der Waals surface area contributed by atoms with Gasteiger partial charge in [-0.1, -0.05) is 47.5 Å². The van der Waals surface area contributed by atoms with Crippen LogP contribution in [0, 0.1) is 0 Å². The van der Waals surface area contributed by atoms with Gasteiger partial charge in [-0.25, -0.2) is 4.98 Å². The standard InChI is InChI=1S/C18H13Cl2N3O/c19-13-5-1-3-7-15(13)22-17-11-12(9-10-21-17)18(24)23-16-8-4-2-6-14(16)20/h1-11H,(H,21,22)(H,23,24). The summed E-state index contributed by atoms with van der Waals surface area (Å²) >= 11 is 12.2. The number of amides is 1. The average molecular weight is 358 g/mol. The molecule has 3 aromatic rings. The van der Waals surface area contributed by atoms with Gasteiger partial charge >= 0.3 is 0 Å². The topological polar surface area (TPSA) is 54.0 Å². The predicted molar refractivity (Wildman–Crippen MR) is 98.4 cm³/mol. The smallest absolute Gasteiger partial charge is 0.255 e. The van der Waals surface area contributed by atoms with Crippen molar-refractivity contribution >= 4 is 46.3 Å². The lowest BCUT2D eigenvalue weighted by Gasteiger charge is -2.10. The molecule has 3 rings (SSSR count). The van der Waals surface area contributed by atoms with E-state index in [9.17, 15) is 4.79 Å². The molecular formula is C18H13Cl2N3O. The third-order valence-electron chi connectivity index (χ3n) is 3.28. The molecule has 0 spiro atoms. The van der Waals surface area contributed by atoms with Crippen molar-refractivity contribution in [2.45, 2.75) is 0 Å². The van der Waals surface area contributed by atoms with Gasteiger partial charge in [0.15, 0.2) is 0 Å². The first-order valence-electron chi connectivity index (χ1n) is 7.17. The highest BCUT2D eigenvalue weighted by molar-refractivity contribution is 6.34. The third kappa shape index (κ3) is 3.85. The number of para-hydroxylation sites is 2. The first kappa shape index (κ1) is 16.3. The lowest BCUT2D eigenvalue weighted by atomic mass is 10.2. The molecule has 1 heterocycles. The Balaban J connectivity index is 1.79. The molecule has 0 atom stereocenters. The van der Waals surface area contributed by atoms with E-state index < -0.39 is 0 Å². The molecule has 0 fully saturated rings. The Morgan fingerprint density at radius 3 is 2.17 bits per heavy atom. The Labute approximate surface area is 149 Å². The van der Waals surface area contributed by atoms with Gasteiger partial charge in [0.05, 0.1) is 21.4 Å². The molecule has 4 nitrogen and oxygen atoms in total. The Hall–Kier alpha value is -2.56. The number of nitrogens with one attached hydrogen (secondary N) is 2. The summed E-state index contributed by atoms with van der Waals surface area (Å²) in [6.07, 6.45) is 1.56. The van der Waals surface area contributed by atoms with E-state index >= 15 is 0 Å². The molecule has 0 saturated carbocycles. The lowest BCUT2D eigenvalue weighted by molar-refractivity contribution is 0.102. The van der Waals surface area contributed by atoms with Crippen molar-refractivity contribution < 1.29 is 4.79 Å². The van der Waals surface area contributed by atoms with Crippen molar-refractivity contribution in [3.8, 4) is 0 Å². The van der Waals surface area contributed by atoms with E-state index in [1.54, 1.807) is 48.7 Å². The second kappa shape index (κ2) is 7.34. The van der Waals surface area contributed by atoms with Gasteiger partial charge in [0.25, 0.3) is 5.91 Å². The van der Waals surface area contributed by atoms with Crippen LogP contribution in [0.3, 0.4) is 0 Å². The number of rotatable bonds is 4. The molecule has 0 radical (unpaired) electrons. The van der Waals surface area contributed by atoms with Crippen molar-refractivity contribution in [2.75, 3.05) is 10.6 Å². The number of halogens is 2. The van der Waals surface area contributed by atoms with Gasteiger partial charge in [0.1, 0.15) is 5.82 Å². The molecule has 1 aromatic heterocycles. The van der Waals surface area contributed by atoms with Crippen LogP contribution in [0.5, 0.6) is 0 Å². The molecule has 2 aromatic carbocycles. The van der Waals surface area contributed by atoms with E-state index in [0.717, 1.165) is 5.69 Å². The zero-order valence-electron chi connectivity index (χ0n) is 12.5. The summed E-state index contributed by atoms with van der Waals surface area (Å²) in [7, 11) is 0. The number of carbonyl (C=O) groups excluding carboxylic acids is 1. The zero-order chi connectivity index (χ0) is 16.9. The maximum Gasteiger partial charge on any atom is 0.255 e. The Morgan fingerprint density at radius 1 is 0.875 bits per heavy atom. The minimum atomic E-state index is -0.271. The zero-order valence-corrected chi connectivity index (χ0v) is 14.0. The van der Waals surface area contributed by atoms with Crippen molar-refractivity contribution in [2.24, 2.45) is 0 Å². The minimum Gasteiger partial charge on any atom is -0.339 e. The molecular weight excluding hydrogens is 345 g/mol. The van der Waals surface area contributed by atoms with Crippen LogP contribution in [0.4, 0.5) is 17.2 Å². The molecule has 0 unspecified atom stereocenters. The van der Waals surface area contributed by atoms with E-state index in [0.29, 0.717) is 27.1 Å². The summed E-state index contributed by atoms with van der Waals surface area (Å²) in [5, 5.41) is 6.93. The lowest BCUT2D eigenvalue weighted by Crippen LogP contribution is -2.12. The van der Waals surface area contributed by atoms with E-state index in [4.69, 9.17) is 23.2 Å². The molecule has 24 heavy (non-hydrogen) atoms. The SMILES string of the molecule is O=C(Nc1ccccc1Cl)c1ccnc(Nc2ccccc2Cl)c1. The van der Waals surface area contributed by atoms with Gasteiger partial charge in [-0.05, 0) is 36.4 Å². The number of hydrogen-bond acceptors (Lipinski definition) is 3. The highest BCUT2D eigenvalue weighted by atomic mass is 35.5. The number of nitrogens with zero attached hydrogens (tertiary/aromatic N) is 1. The monoisotopic (exact) mass is 357 g/mol. The highest BCUT2D eigenvalue weighted by Gasteiger charge is 2.10. The number of aromatic nitrogens is 1. The van der Waals surface area contributed by atoms with Crippen molar-refractivity contribution in [3.05, 3.63) is 82.5 Å². The Kier molecular flexibility index (Phi) is 4.99. The van der Waals surface area contributed by atoms with Crippen LogP contribution in [-0.4, -0.2) is 10.9 Å². The average Bonchev–Trinajstić information content (AvgIpc) is 2.59. The van der Waals surface area contributed by atoms with Crippen LogP contribution >= 0.6 is 23.2 Å². The fraction of sp³-hybridized carbons (Fsp3) is 0. The van der Waals surface area contributed by atoms with Gasteiger partial charge in [0.2, 0.25) is 0 Å². The van der Waals surface area contributed by atoms with E-state index in [-0.39, 0.29) is 5.91 Å². The largest absolute Gasteiger partial charge is 0.339 e. The van der Waals surface area contributed by atoms with E-state index in [2.05, 4.69) is 15.6 Å². The fourth-order valence-corrected chi connectivity index (χ4v) is 2.46. The summed E-state index contributed by atoms with van der Waals surface area (Å²) in [6.45, 7) is 0. The molecule has 2 N–H and O–H groups in total. The predicted octanol–water partition coefficient (Wildman–Crippen LogP) is 5.38. The van der Waals surface area contributed by atoms with Crippen LogP contribution in [0.1, 0.15) is 10.4 Å². The van der Waals surface area contributed by atoms with E-state index in [1.807, 2.05) is 18.2 Å². The van der Waals surface area contributed by atoms with Crippen LogP contribution < -0.4 is 10.6 Å². The maximum absolute atomic E-state index is 12.4. The fourth-order valence-electron chi connectivity index (χ4n) is 2.10. The maximum atomic E-state index is 12.4. The number of hydrogen-bond donors (Lipinski definition) is 2. The number of carbonyl (C=O) groups is 1. The van der Waals surface area contributed by atoms with Crippen LogP contribution in [0.2, 0.25) is 10.0 Å². The molecule has 0 bridgehead atoms. The van der Waals surface area contributed by atoms with Gasteiger partial charge in [-0.15, -0.1) is 0 Å². The van der Waals surface area contributed by atoms with Crippen LogP contribution in [0.15, 0.2) is 66.9 Å². The highest BCUT2D eigenvalue weighted by Crippen LogP contribution is 2.25. The normalized spacial score (nSPS) is 10.2. The van der Waals surface area contributed by atoms with Crippen molar-refractivity contribution in [1.29, 1.82) is 0 Å². The molecule has 6 heteroatoms. The molecule has 0 aliphatic heterocycles. The third-order valence-corrected chi connectivity index (χ3v) is 3.94. The van der Waals surface area contributed by atoms with Crippen LogP contribution in [0.25, 0.3) is 0 Å². The Morgan fingerprint density at radius 2 is 1.50 bits per heavy atom. The molecule has 0 saturated heterocycles. The molecule has 120 valence electrons. The van der Waals surface area contributed by atoms with E-state index in [1.165, 1.54) is 0 Å². The summed E-state index contributed by atoms with van der Waals surface area (Å²) in [6, 6.07) is 17.7. The quantitative estimate of drug-likeness (QED) is 0.658.